The van der Waals surface area contributed by atoms with Crippen molar-refractivity contribution < 1.29 is 0 Å². The van der Waals surface area contributed by atoms with E-state index in [0.717, 1.165) is 17.5 Å². The van der Waals surface area contributed by atoms with Gasteiger partial charge in [-0.1, -0.05) is 49.1 Å². The first-order valence-corrected chi connectivity index (χ1v) is 14.6. The van der Waals surface area contributed by atoms with Crippen molar-refractivity contribution in [2.75, 3.05) is 0 Å². The van der Waals surface area contributed by atoms with E-state index in [9.17, 15) is 0 Å². The van der Waals surface area contributed by atoms with E-state index in [1.54, 1.807) is 11.1 Å². The van der Waals surface area contributed by atoms with Crippen LogP contribution < -0.4 is 0 Å². The van der Waals surface area contributed by atoms with E-state index in [-0.39, 0.29) is 0 Å². The van der Waals surface area contributed by atoms with Crippen molar-refractivity contribution in [3.05, 3.63) is 64.7 Å². The Morgan fingerprint density at radius 2 is 1.49 bits per heavy atom. The lowest BCUT2D eigenvalue weighted by atomic mass is 9.56. The molecule has 1 heteroatoms. The molecule has 4 fully saturated rings. The zero-order valence-corrected chi connectivity index (χ0v) is 22.2. The van der Waals surface area contributed by atoms with Crippen LogP contribution in [-0.4, -0.2) is 4.98 Å². The van der Waals surface area contributed by atoms with Crippen molar-refractivity contribution in [1.82, 2.24) is 4.98 Å². The molecule has 0 amide bonds. The highest BCUT2D eigenvalue weighted by molar-refractivity contribution is 5.87. The average molecular weight is 466 g/mol. The Morgan fingerprint density at radius 1 is 0.800 bits per heavy atom. The molecule has 184 valence electrons. The summed E-state index contributed by atoms with van der Waals surface area (Å²) in [4.78, 5) is 5.27. The van der Waals surface area contributed by atoms with E-state index in [2.05, 4.69) is 63.2 Å². The number of aryl methyl sites for hydroxylation is 2. The summed E-state index contributed by atoms with van der Waals surface area (Å²) in [7, 11) is 0. The van der Waals surface area contributed by atoms with Gasteiger partial charge in [0.05, 0.1) is 11.2 Å². The number of pyridine rings is 1. The molecule has 0 spiro atoms. The van der Waals surface area contributed by atoms with Crippen LogP contribution in [0.2, 0.25) is 0 Å². The highest BCUT2D eigenvalue weighted by atomic mass is 14.7. The molecule has 2 aromatic carbocycles. The molecule has 4 aliphatic carbocycles. The van der Waals surface area contributed by atoms with Gasteiger partial charge in [-0.3, -0.25) is 0 Å². The molecule has 35 heavy (non-hydrogen) atoms. The van der Waals surface area contributed by atoms with Crippen LogP contribution in [-0.2, 0) is 5.41 Å². The Kier molecular flexibility index (Phi) is 6.23. The van der Waals surface area contributed by atoms with Gasteiger partial charge in [-0.2, -0.15) is 0 Å². The molecular formula is C34H43N. The SMILES string of the molecule is CCCC1CCC(c2c(C34CCC(CC3)CC4)ccc3nc(-c4cc(C)cc(C)c4)ccc23)CC1. The lowest BCUT2D eigenvalue weighted by molar-refractivity contribution is 0.134. The van der Waals surface area contributed by atoms with Crippen LogP contribution >= 0.6 is 0 Å². The summed E-state index contributed by atoms with van der Waals surface area (Å²) >= 11 is 0. The summed E-state index contributed by atoms with van der Waals surface area (Å²) in [5.41, 5.74) is 10.1. The molecule has 4 aliphatic rings. The normalized spacial score (nSPS) is 28.5. The third-order valence-corrected chi connectivity index (χ3v) is 10.0. The first-order chi connectivity index (χ1) is 17.0. The van der Waals surface area contributed by atoms with Crippen molar-refractivity contribution in [1.29, 1.82) is 0 Å². The van der Waals surface area contributed by atoms with E-state index in [4.69, 9.17) is 4.98 Å². The monoisotopic (exact) mass is 465 g/mol. The molecule has 0 radical (unpaired) electrons. The van der Waals surface area contributed by atoms with Gasteiger partial charge >= 0.3 is 0 Å². The third kappa shape index (κ3) is 4.34. The Labute approximate surface area is 212 Å². The number of aromatic nitrogens is 1. The van der Waals surface area contributed by atoms with Crippen LogP contribution in [0, 0.1) is 25.7 Å². The Bertz CT molecular complexity index is 1170. The predicted octanol–water partition coefficient (Wildman–Crippen LogP) is 9.81. The second kappa shape index (κ2) is 9.38. The molecule has 1 aromatic heterocycles. The molecule has 0 atom stereocenters. The van der Waals surface area contributed by atoms with Crippen molar-refractivity contribution in [3.63, 3.8) is 0 Å². The van der Waals surface area contributed by atoms with E-state index >= 15 is 0 Å². The van der Waals surface area contributed by atoms with Crippen molar-refractivity contribution in [3.8, 4) is 11.3 Å². The van der Waals surface area contributed by atoms with Crippen LogP contribution in [0.1, 0.15) is 112 Å². The number of benzene rings is 2. The van der Waals surface area contributed by atoms with Crippen molar-refractivity contribution in [2.45, 2.75) is 109 Å². The maximum Gasteiger partial charge on any atom is 0.0712 e. The fourth-order valence-corrected chi connectivity index (χ4v) is 8.21. The molecule has 1 nitrogen and oxygen atoms in total. The van der Waals surface area contributed by atoms with Gasteiger partial charge in [-0.05, 0) is 137 Å². The van der Waals surface area contributed by atoms with Gasteiger partial charge < -0.3 is 0 Å². The van der Waals surface area contributed by atoms with E-state index in [0.29, 0.717) is 11.3 Å². The van der Waals surface area contributed by atoms with Crippen LogP contribution in [0.25, 0.3) is 22.2 Å². The summed E-state index contributed by atoms with van der Waals surface area (Å²) in [6.45, 7) is 6.73. The summed E-state index contributed by atoms with van der Waals surface area (Å²) in [6, 6.07) is 16.5. The molecule has 3 aromatic rings. The number of hydrogen-bond acceptors (Lipinski definition) is 1. The second-order valence-corrected chi connectivity index (χ2v) is 12.4. The molecule has 0 unspecified atom stereocenters. The Balaban J connectivity index is 1.45. The average Bonchev–Trinajstić information content (AvgIpc) is 2.89. The molecule has 4 saturated carbocycles. The summed E-state index contributed by atoms with van der Waals surface area (Å²) < 4.78 is 0. The van der Waals surface area contributed by atoms with Gasteiger partial charge in [-0.25, -0.2) is 4.98 Å². The minimum absolute atomic E-state index is 0.435. The number of rotatable bonds is 5. The van der Waals surface area contributed by atoms with Crippen molar-refractivity contribution in [2.24, 2.45) is 11.8 Å². The third-order valence-electron chi connectivity index (χ3n) is 10.0. The largest absolute Gasteiger partial charge is 0.248 e. The summed E-state index contributed by atoms with van der Waals surface area (Å²) in [5, 5.41) is 1.46. The molecule has 0 aliphatic heterocycles. The highest BCUT2D eigenvalue weighted by Crippen LogP contribution is 2.55. The highest BCUT2D eigenvalue weighted by Gasteiger charge is 2.43. The summed E-state index contributed by atoms with van der Waals surface area (Å²) in [5.74, 6) is 2.67. The van der Waals surface area contributed by atoms with Crippen LogP contribution in [0.15, 0.2) is 42.5 Å². The fourth-order valence-electron chi connectivity index (χ4n) is 8.21. The molecule has 7 rings (SSSR count). The number of fused-ring (bicyclic) bond motifs is 4. The van der Waals surface area contributed by atoms with E-state index < -0.39 is 0 Å². The molecule has 0 saturated heterocycles. The lowest BCUT2D eigenvalue weighted by Gasteiger charge is -2.48. The quantitative estimate of drug-likeness (QED) is 0.365. The van der Waals surface area contributed by atoms with Crippen molar-refractivity contribution >= 4 is 10.9 Å². The van der Waals surface area contributed by atoms with E-state index in [1.165, 1.54) is 105 Å². The lowest BCUT2D eigenvalue weighted by Crippen LogP contribution is -2.38. The standard InChI is InChI=1S/C34H43N/c1-4-5-25-6-8-27(9-7-25)33-29-10-12-31(28-21-23(2)20-24(3)22-28)35-32(29)13-11-30(33)34-17-14-26(15-18-34)16-19-34/h10-13,20-22,25-27H,4-9,14-19H2,1-3H3. The van der Waals surface area contributed by atoms with Gasteiger partial charge in [0.2, 0.25) is 0 Å². The molecule has 2 bridgehead atoms. The Morgan fingerprint density at radius 3 is 2.14 bits per heavy atom. The zero-order chi connectivity index (χ0) is 24.0. The fraction of sp³-hybridized carbons (Fsp3) is 0.559. The first kappa shape index (κ1) is 23.3. The minimum atomic E-state index is 0.435. The molecular weight excluding hydrogens is 422 g/mol. The zero-order valence-electron chi connectivity index (χ0n) is 22.2. The van der Waals surface area contributed by atoms with Gasteiger partial charge in [0.25, 0.3) is 0 Å². The van der Waals surface area contributed by atoms with Gasteiger partial charge in [0.15, 0.2) is 0 Å². The van der Waals surface area contributed by atoms with Crippen LogP contribution in [0.3, 0.4) is 0 Å². The topological polar surface area (TPSA) is 12.9 Å². The van der Waals surface area contributed by atoms with E-state index in [1.807, 2.05) is 0 Å². The maximum absolute atomic E-state index is 5.27. The maximum atomic E-state index is 5.27. The number of hydrogen-bond donors (Lipinski definition) is 0. The predicted molar refractivity (Wildman–Crippen MR) is 149 cm³/mol. The van der Waals surface area contributed by atoms with Crippen LogP contribution in [0.5, 0.6) is 0 Å². The van der Waals surface area contributed by atoms with Crippen LogP contribution in [0.4, 0.5) is 0 Å². The second-order valence-electron chi connectivity index (χ2n) is 12.4. The number of nitrogens with zero attached hydrogens (tertiary/aromatic N) is 1. The van der Waals surface area contributed by atoms with Gasteiger partial charge in [0.1, 0.15) is 0 Å². The summed E-state index contributed by atoms with van der Waals surface area (Å²) in [6.07, 6.45) is 16.9. The smallest absolute Gasteiger partial charge is 0.0712 e. The molecule has 1 heterocycles. The molecule has 0 N–H and O–H groups in total. The Hall–Kier alpha value is -2.15. The minimum Gasteiger partial charge on any atom is -0.248 e. The van der Waals surface area contributed by atoms with Gasteiger partial charge in [-0.15, -0.1) is 0 Å². The first-order valence-electron chi connectivity index (χ1n) is 14.6. The van der Waals surface area contributed by atoms with Gasteiger partial charge in [0, 0.05) is 10.9 Å².